The molecule has 0 saturated carbocycles. The molecule has 0 bridgehead atoms. The van der Waals surface area contributed by atoms with Crippen molar-refractivity contribution in [1.29, 1.82) is 0 Å². The van der Waals surface area contributed by atoms with Crippen LogP contribution in [-0.4, -0.2) is 23.3 Å². The van der Waals surface area contributed by atoms with Crippen LogP contribution in [0.1, 0.15) is 0 Å². The summed E-state index contributed by atoms with van der Waals surface area (Å²) in [5, 5.41) is 4.90. The first-order chi connectivity index (χ1) is 11.9. The molecule has 2 aliphatic heterocycles. The van der Waals surface area contributed by atoms with Gasteiger partial charge in [0.25, 0.3) is 0 Å². The lowest BCUT2D eigenvalue weighted by atomic mass is 9.96. The molecule has 2 saturated heterocycles. The number of fused-ring (bicyclic) bond motifs is 3. The van der Waals surface area contributed by atoms with Gasteiger partial charge >= 0.3 is 23.3 Å². The van der Waals surface area contributed by atoms with Crippen LogP contribution in [0.4, 0.5) is 49.6 Å². The van der Waals surface area contributed by atoms with Crippen molar-refractivity contribution in [2.75, 3.05) is 0 Å². The molecule has 3 aliphatic rings. The zero-order valence-corrected chi connectivity index (χ0v) is 11.5. The predicted molar refractivity (Wildman–Crippen MR) is 56.4 cm³/mol. The lowest BCUT2D eigenvalue weighted by molar-refractivity contribution is -0.0423. The Labute approximate surface area is 134 Å². The van der Waals surface area contributed by atoms with Crippen LogP contribution in [0.3, 0.4) is 0 Å². The van der Waals surface area contributed by atoms with E-state index in [1.807, 2.05) is 0 Å². The van der Waals surface area contributed by atoms with Gasteiger partial charge in [0.1, 0.15) is 0 Å². The fourth-order valence-corrected chi connectivity index (χ4v) is 2.49. The summed E-state index contributed by atoms with van der Waals surface area (Å²) in [7, 11) is 0. The van der Waals surface area contributed by atoms with Crippen molar-refractivity contribution in [2.45, 2.75) is 23.3 Å². The largest absolute Gasteiger partial charge is 0.343 e. The van der Waals surface area contributed by atoms with E-state index in [2.05, 4.69) is 19.7 Å². The number of epoxide rings is 2. The molecule has 140 valence electrons. The normalized spacial score (nSPS) is 40.7. The van der Waals surface area contributed by atoms with Gasteiger partial charge in [0.15, 0.2) is 29.0 Å². The van der Waals surface area contributed by atoms with E-state index in [9.17, 15) is 43.9 Å². The lowest BCUT2D eigenvalue weighted by Gasteiger charge is -2.15. The number of hydrogen-bond acceptors (Lipinski definition) is 4. The molecule has 26 heavy (non-hydrogen) atoms. The fraction of sp³-hybridized carbons (Fsp3) is 0.333. The van der Waals surface area contributed by atoms with Crippen LogP contribution in [0.15, 0.2) is 21.9 Å². The van der Waals surface area contributed by atoms with E-state index in [-0.39, 0.29) is 0 Å². The lowest BCUT2D eigenvalue weighted by Crippen LogP contribution is -2.42. The van der Waals surface area contributed by atoms with Crippen LogP contribution in [0.25, 0.3) is 0 Å². The number of hydrogen-bond donors (Lipinski definition) is 0. The Morgan fingerprint density at radius 2 is 1.12 bits per heavy atom. The summed E-state index contributed by atoms with van der Waals surface area (Å²) in [6, 6.07) is 0. The number of rotatable bonds is 2. The first-order valence-electron chi connectivity index (χ1n) is 6.35. The van der Waals surface area contributed by atoms with Crippen LogP contribution in [0, 0.1) is 29.1 Å². The highest BCUT2D eigenvalue weighted by atomic mass is 19.2. The zero-order chi connectivity index (χ0) is 19.4. The Morgan fingerprint density at radius 3 is 1.65 bits per heavy atom. The minimum Gasteiger partial charge on any atom is -0.295 e. The van der Waals surface area contributed by atoms with Gasteiger partial charge in [-0.15, -0.1) is 10.2 Å². The molecule has 1 aliphatic carbocycles. The second kappa shape index (κ2) is 4.36. The minimum absolute atomic E-state index is 2.02. The maximum atomic E-state index is 14.3. The third-order valence-electron chi connectivity index (χ3n) is 4.00. The second-order valence-electron chi connectivity index (χ2n) is 5.38. The number of nitrogens with zero attached hydrogens (tertiary/aromatic N) is 2. The molecule has 4 atom stereocenters. The summed E-state index contributed by atoms with van der Waals surface area (Å²) in [5.74, 6) is -30.2. The SMILES string of the molecule is FC1=C(F)C2(N=Nc3c(F)c(F)c(F)c(F)c3F)OC2(F)C2(F)OC12F. The van der Waals surface area contributed by atoms with E-state index in [1.54, 1.807) is 0 Å². The average Bonchev–Trinajstić information content (AvgIpc) is 3.42. The highest BCUT2D eigenvalue weighted by molar-refractivity contribution is 5.47. The summed E-state index contributed by atoms with van der Waals surface area (Å²) in [6.07, 6.45) is 0. The molecule has 14 heteroatoms. The van der Waals surface area contributed by atoms with Gasteiger partial charge in [-0.05, 0) is 0 Å². The molecule has 4 rings (SSSR count). The van der Waals surface area contributed by atoms with Crippen LogP contribution >= 0.6 is 0 Å². The van der Waals surface area contributed by atoms with Gasteiger partial charge in [-0.25, -0.2) is 30.7 Å². The van der Waals surface area contributed by atoms with Crippen molar-refractivity contribution in [2.24, 2.45) is 10.2 Å². The van der Waals surface area contributed by atoms with Crippen LogP contribution < -0.4 is 0 Å². The molecule has 2 heterocycles. The quantitative estimate of drug-likeness (QED) is 0.246. The summed E-state index contributed by atoms with van der Waals surface area (Å²) in [4.78, 5) is 0. The molecular weight excluding hydrogens is 394 g/mol. The fourth-order valence-electron chi connectivity index (χ4n) is 2.49. The Balaban J connectivity index is 1.83. The Hall–Kier alpha value is -2.22. The molecule has 1 aromatic rings. The molecule has 0 radical (unpaired) electrons. The van der Waals surface area contributed by atoms with Crippen molar-refractivity contribution in [1.82, 2.24) is 0 Å². The molecule has 0 amide bonds. The summed E-state index contributed by atoms with van der Waals surface area (Å²) >= 11 is 0. The van der Waals surface area contributed by atoms with E-state index in [0.29, 0.717) is 0 Å². The standard InChI is InChI=1S/C12F10N2O2/c13-1-2(14)4(16)6(5(17)3(1)15)23-24-10-8(19)7(18)9(20)11(21,25-9)12(10,22)26-10. The highest BCUT2D eigenvalue weighted by Crippen LogP contribution is 2.78. The maximum Gasteiger partial charge on any atom is 0.343 e. The van der Waals surface area contributed by atoms with Crippen LogP contribution in [-0.2, 0) is 9.47 Å². The molecule has 0 aromatic heterocycles. The predicted octanol–water partition coefficient (Wildman–Crippen LogP) is 4.38. The van der Waals surface area contributed by atoms with Gasteiger partial charge in [-0.1, -0.05) is 0 Å². The average molecular weight is 394 g/mol. The Kier molecular flexibility index (Phi) is 2.89. The van der Waals surface area contributed by atoms with Crippen molar-refractivity contribution >= 4 is 5.69 Å². The number of azo groups is 1. The van der Waals surface area contributed by atoms with E-state index in [1.165, 1.54) is 0 Å². The molecule has 2 fully saturated rings. The van der Waals surface area contributed by atoms with Gasteiger partial charge in [0.05, 0.1) is 0 Å². The van der Waals surface area contributed by atoms with Gasteiger partial charge in [-0.2, -0.15) is 13.2 Å². The molecule has 4 nitrogen and oxygen atoms in total. The monoisotopic (exact) mass is 394 g/mol. The van der Waals surface area contributed by atoms with Crippen molar-refractivity contribution in [3.63, 3.8) is 0 Å². The molecular formula is C12F10N2O2. The molecule has 4 unspecified atom stereocenters. The number of halogens is 10. The van der Waals surface area contributed by atoms with E-state index in [4.69, 9.17) is 0 Å². The molecule has 0 spiro atoms. The summed E-state index contributed by atoms with van der Waals surface area (Å²) in [6.45, 7) is 0. The smallest absolute Gasteiger partial charge is 0.295 e. The van der Waals surface area contributed by atoms with Crippen LogP contribution in [0.5, 0.6) is 0 Å². The molecule has 0 N–H and O–H groups in total. The van der Waals surface area contributed by atoms with Gasteiger partial charge in [0, 0.05) is 0 Å². The van der Waals surface area contributed by atoms with Crippen molar-refractivity contribution in [3.05, 3.63) is 40.7 Å². The summed E-state index contributed by atoms with van der Waals surface area (Å²) in [5.41, 5.74) is -5.72. The van der Waals surface area contributed by atoms with Crippen molar-refractivity contribution < 1.29 is 53.4 Å². The minimum atomic E-state index is -4.19. The number of benzene rings is 1. The Morgan fingerprint density at radius 1 is 0.615 bits per heavy atom. The number of alkyl halides is 3. The number of ether oxygens (including phenoxy) is 2. The van der Waals surface area contributed by atoms with E-state index in [0.717, 1.165) is 0 Å². The zero-order valence-electron chi connectivity index (χ0n) is 11.5. The first-order valence-corrected chi connectivity index (χ1v) is 6.35. The van der Waals surface area contributed by atoms with Gasteiger partial charge in [0.2, 0.25) is 17.5 Å². The van der Waals surface area contributed by atoms with Crippen LogP contribution in [0.2, 0.25) is 0 Å². The van der Waals surface area contributed by atoms with E-state index < -0.39 is 69.7 Å². The molecule has 1 aromatic carbocycles. The Bertz CT molecular complexity index is 923. The first kappa shape index (κ1) is 17.2. The van der Waals surface area contributed by atoms with E-state index >= 15 is 0 Å². The van der Waals surface area contributed by atoms with Gasteiger partial charge in [-0.3, -0.25) is 9.47 Å². The highest BCUT2D eigenvalue weighted by Gasteiger charge is 3.05. The third kappa shape index (κ3) is 1.52. The second-order valence-corrected chi connectivity index (χ2v) is 5.38. The topological polar surface area (TPSA) is 49.8 Å². The third-order valence-corrected chi connectivity index (χ3v) is 4.00. The maximum absolute atomic E-state index is 14.3. The summed E-state index contributed by atoms with van der Waals surface area (Å²) < 4.78 is 142. The van der Waals surface area contributed by atoms with Crippen molar-refractivity contribution in [3.8, 4) is 0 Å². The van der Waals surface area contributed by atoms with Gasteiger partial charge < -0.3 is 0 Å².